The highest BCUT2D eigenvalue weighted by atomic mass is 32.1. The molecule has 0 radical (unpaired) electrons. The topological polar surface area (TPSA) is 49.4 Å². The molecule has 0 unspecified atom stereocenters. The number of carbonyl (C=O) groups excluding carboxylic acids is 2. The maximum atomic E-state index is 11.9. The summed E-state index contributed by atoms with van der Waals surface area (Å²) in [5, 5.41) is 4.53. The molecular formula is C11H10N2O2S2. The summed E-state index contributed by atoms with van der Waals surface area (Å²) in [7, 11) is 1.54. The van der Waals surface area contributed by atoms with E-state index in [1.54, 1.807) is 13.1 Å². The molecule has 0 saturated carbocycles. The van der Waals surface area contributed by atoms with Gasteiger partial charge in [0.2, 0.25) is 0 Å². The van der Waals surface area contributed by atoms with Crippen molar-refractivity contribution >= 4 is 46.6 Å². The van der Waals surface area contributed by atoms with Crippen molar-refractivity contribution in [3.05, 3.63) is 27.5 Å². The lowest BCUT2D eigenvalue weighted by Gasteiger charge is -2.24. The molecule has 0 aromatic carbocycles. The lowest BCUT2D eigenvalue weighted by atomic mass is 10.1. The fourth-order valence-electron chi connectivity index (χ4n) is 1.41. The van der Waals surface area contributed by atoms with Gasteiger partial charge >= 0.3 is 0 Å². The Morgan fingerprint density at radius 1 is 1.47 bits per heavy atom. The Labute approximate surface area is 108 Å². The number of thiocarbonyl (C=S) groups is 1. The lowest BCUT2D eigenvalue weighted by molar-refractivity contribution is -0.128. The minimum absolute atomic E-state index is 0.117. The zero-order valence-corrected chi connectivity index (χ0v) is 10.9. The lowest BCUT2D eigenvalue weighted by Crippen LogP contribution is -2.52. The van der Waals surface area contributed by atoms with Crippen molar-refractivity contribution in [1.82, 2.24) is 10.2 Å². The molecule has 2 rings (SSSR count). The Bertz CT molecular complexity index is 545. The molecular weight excluding hydrogens is 256 g/mol. The fraction of sp³-hybridized carbons (Fsp3) is 0.182. The zero-order chi connectivity index (χ0) is 12.6. The zero-order valence-electron chi connectivity index (χ0n) is 9.31. The Hall–Kier alpha value is -1.53. The Morgan fingerprint density at radius 2 is 2.18 bits per heavy atom. The molecule has 0 atom stereocenters. The molecule has 6 heteroatoms. The van der Waals surface area contributed by atoms with Crippen molar-refractivity contribution in [1.29, 1.82) is 0 Å². The number of hydrogen-bond acceptors (Lipinski definition) is 4. The molecule has 2 amide bonds. The van der Waals surface area contributed by atoms with Gasteiger partial charge in [0.05, 0.1) is 0 Å². The molecule has 1 saturated heterocycles. The maximum Gasteiger partial charge on any atom is 0.265 e. The second-order valence-electron chi connectivity index (χ2n) is 3.65. The Morgan fingerprint density at radius 3 is 2.76 bits per heavy atom. The third kappa shape index (κ3) is 2.13. The van der Waals surface area contributed by atoms with E-state index < -0.39 is 5.91 Å². The summed E-state index contributed by atoms with van der Waals surface area (Å²) in [6.07, 6.45) is 1.61. The third-order valence-corrected chi connectivity index (χ3v) is 3.82. The van der Waals surface area contributed by atoms with Crippen LogP contribution in [0.4, 0.5) is 0 Å². The number of rotatable bonds is 1. The van der Waals surface area contributed by atoms with Crippen LogP contribution in [0.3, 0.4) is 0 Å². The molecule has 0 aliphatic carbocycles. The summed E-state index contributed by atoms with van der Waals surface area (Å²) in [4.78, 5) is 25.7. The van der Waals surface area contributed by atoms with E-state index in [2.05, 4.69) is 5.32 Å². The normalized spacial score (nSPS) is 18.8. The van der Waals surface area contributed by atoms with Crippen LogP contribution in [0, 0.1) is 6.92 Å². The van der Waals surface area contributed by atoms with Crippen LogP contribution in [0.15, 0.2) is 17.0 Å². The molecule has 0 bridgehead atoms. The molecule has 1 aromatic rings. The number of nitrogens with one attached hydrogen (secondary N) is 1. The second-order valence-corrected chi connectivity index (χ2v) is 4.98. The van der Waals surface area contributed by atoms with E-state index in [0.717, 1.165) is 10.4 Å². The number of hydrogen-bond donors (Lipinski definition) is 1. The third-order valence-electron chi connectivity index (χ3n) is 2.48. The van der Waals surface area contributed by atoms with E-state index in [4.69, 9.17) is 12.2 Å². The summed E-state index contributed by atoms with van der Waals surface area (Å²) in [6.45, 7) is 1.93. The highest BCUT2D eigenvalue weighted by Crippen LogP contribution is 2.21. The van der Waals surface area contributed by atoms with Crippen LogP contribution in [-0.2, 0) is 9.59 Å². The minimum atomic E-state index is -0.439. The first kappa shape index (κ1) is 11.9. The molecule has 0 spiro atoms. The van der Waals surface area contributed by atoms with Crippen LogP contribution < -0.4 is 5.32 Å². The van der Waals surface area contributed by atoms with Gasteiger partial charge in [0.1, 0.15) is 5.57 Å². The van der Waals surface area contributed by atoms with Crippen LogP contribution >= 0.6 is 23.6 Å². The molecule has 1 fully saturated rings. The van der Waals surface area contributed by atoms with Gasteiger partial charge in [0.15, 0.2) is 5.11 Å². The molecule has 1 aliphatic heterocycles. The number of aryl methyl sites for hydroxylation is 1. The number of nitrogens with zero attached hydrogens (tertiary/aromatic N) is 1. The number of amides is 2. The summed E-state index contributed by atoms with van der Waals surface area (Å²) >= 11 is 6.35. The first-order valence-electron chi connectivity index (χ1n) is 4.90. The second kappa shape index (κ2) is 4.38. The Kier molecular flexibility index (Phi) is 3.08. The Balaban J connectivity index is 2.41. The van der Waals surface area contributed by atoms with E-state index in [9.17, 15) is 9.59 Å². The predicted molar refractivity (Wildman–Crippen MR) is 70.5 cm³/mol. The van der Waals surface area contributed by atoms with Crippen LogP contribution in [0.5, 0.6) is 0 Å². The van der Waals surface area contributed by atoms with E-state index in [1.165, 1.54) is 16.2 Å². The van der Waals surface area contributed by atoms with Gasteiger partial charge in [-0.25, -0.2) is 0 Å². The van der Waals surface area contributed by atoms with Crippen molar-refractivity contribution in [2.24, 2.45) is 0 Å². The molecule has 4 nitrogen and oxygen atoms in total. The summed E-state index contributed by atoms with van der Waals surface area (Å²) < 4.78 is 0. The smallest absolute Gasteiger partial charge is 0.265 e. The highest BCUT2D eigenvalue weighted by molar-refractivity contribution is 7.80. The number of carbonyl (C=O) groups is 2. The van der Waals surface area contributed by atoms with Crippen molar-refractivity contribution in [2.75, 3.05) is 7.05 Å². The number of thiophene rings is 1. The molecule has 2 heterocycles. The summed E-state index contributed by atoms with van der Waals surface area (Å²) in [5.41, 5.74) is 1.16. The van der Waals surface area contributed by atoms with E-state index >= 15 is 0 Å². The van der Waals surface area contributed by atoms with E-state index in [0.29, 0.717) is 0 Å². The van der Waals surface area contributed by atoms with Crippen LogP contribution in [0.25, 0.3) is 6.08 Å². The molecule has 88 valence electrons. The first-order valence-corrected chi connectivity index (χ1v) is 6.18. The minimum Gasteiger partial charge on any atom is -0.298 e. The number of likely N-dealkylation sites (N-methyl/N-ethyl adjacent to an activating group) is 1. The predicted octanol–water partition coefficient (Wildman–Crippen LogP) is 1.31. The van der Waals surface area contributed by atoms with Crippen LogP contribution in [0.2, 0.25) is 0 Å². The first-order chi connectivity index (χ1) is 8.00. The van der Waals surface area contributed by atoms with Crippen molar-refractivity contribution in [3.63, 3.8) is 0 Å². The van der Waals surface area contributed by atoms with Crippen molar-refractivity contribution < 1.29 is 9.59 Å². The quantitative estimate of drug-likeness (QED) is 0.474. The highest BCUT2D eigenvalue weighted by Gasteiger charge is 2.30. The van der Waals surface area contributed by atoms with Gasteiger partial charge in [-0.2, -0.15) is 0 Å². The monoisotopic (exact) mass is 266 g/mol. The van der Waals surface area contributed by atoms with Gasteiger partial charge in [0.25, 0.3) is 11.8 Å². The van der Waals surface area contributed by atoms with Gasteiger partial charge in [0, 0.05) is 11.9 Å². The molecule has 1 N–H and O–H groups in total. The molecule has 17 heavy (non-hydrogen) atoms. The van der Waals surface area contributed by atoms with Gasteiger partial charge in [-0.3, -0.25) is 19.8 Å². The fourth-order valence-corrected chi connectivity index (χ4v) is 2.44. The van der Waals surface area contributed by atoms with Crippen LogP contribution in [-0.4, -0.2) is 28.9 Å². The largest absolute Gasteiger partial charge is 0.298 e. The molecule has 1 aromatic heterocycles. The summed E-state index contributed by atoms with van der Waals surface area (Å²) in [5.74, 6) is -0.808. The van der Waals surface area contributed by atoms with Gasteiger partial charge in [-0.15, -0.1) is 11.3 Å². The maximum absolute atomic E-state index is 11.9. The summed E-state index contributed by atoms with van der Waals surface area (Å²) in [6, 6.07) is 1.94. The average Bonchev–Trinajstić information content (AvgIpc) is 2.67. The van der Waals surface area contributed by atoms with Gasteiger partial charge in [-0.05, 0) is 42.2 Å². The van der Waals surface area contributed by atoms with Gasteiger partial charge in [-0.1, -0.05) is 0 Å². The van der Waals surface area contributed by atoms with Crippen molar-refractivity contribution in [2.45, 2.75) is 6.92 Å². The average molecular weight is 266 g/mol. The van der Waals surface area contributed by atoms with E-state index in [1.807, 2.05) is 18.4 Å². The van der Waals surface area contributed by atoms with E-state index in [-0.39, 0.29) is 16.6 Å². The standard InChI is InChI=1S/C11H10N2O2S2/c1-6-3-4-17-8(6)5-7-9(14)12-11(16)13(2)10(7)15/h3-5H,1-2H3,(H,12,14,16). The van der Waals surface area contributed by atoms with Crippen molar-refractivity contribution in [3.8, 4) is 0 Å². The molecule has 1 aliphatic rings. The van der Waals surface area contributed by atoms with Crippen LogP contribution in [0.1, 0.15) is 10.4 Å². The van der Waals surface area contributed by atoms with Gasteiger partial charge < -0.3 is 0 Å². The SMILES string of the molecule is Cc1ccsc1C=C1C(=O)NC(=S)N(C)C1=O.